The van der Waals surface area contributed by atoms with E-state index in [-0.39, 0.29) is 0 Å². The van der Waals surface area contributed by atoms with Crippen LogP contribution in [0.4, 0.5) is 0 Å². The van der Waals surface area contributed by atoms with E-state index in [9.17, 15) is 0 Å². The van der Waals surface area contributed by atoms with Gasteiger partial charge in [-0.3, -0.25) is 0 Å². The SMILES string of the molecule is COc1n[c]nc(C)c1-c1ccccc1. The van der Waals surface area contributed by atoms with Crippen LogP contribution in [0, 0.1) is 13.3 Å². The number of hydrogen-bond donors (Lipinski definition) is 0. The predicted octanol–water partition coefficient (Wildman–Crippen LogP) is 2.26. The highest BCUT2D eigenvalue weighted by Gasteiger charge is 2.10. The summed E-state index contributed by atoms with van der Waals surface area (Å²) in [6.45, 7) is 1.92. The summed E-state index contributed by atoms with van der Waals surface area (Å²) in [6, 6.07) is 9.94. The fourth-order valence-electron chi connectivity index (χ4n) is 1.50. The van der Waals surface area contributed by atoms with Gasteiger partial charge in [0.15, 0.2) is 0 Å². The molecule has 0 unspecified atom stereocenters. The first-order valence-corrected chi connectivity index (χ1v) is 4.67. The van der Waals surface area contributed by atoms with Crippen molar-refractivity contribution in [3.8, 4) is 17.0 Å². The molecule has 0 saturated heterocycles. The Morgan fingerprint density at radius 1 is 1.13 bits per heavy atom. The third kappa shape index (κ3) is 1.81. The van der Waals surface area contributed by atoms with Crippen LogP contribution >= 0.6 is 0 Å². The normalized spacial score (nSPS) is 10.0. The molecule has 1 radical (unpaired) electrons. The summed E-state index contributed by atoms with van der Waals surface area (Å²) in [5.41, 5.74) is 2.85. The van der Waals surface area contributed by atoms with Crippen LogP contribution in [0.5, 0.6) is 5.88 Å². The van der Waals surface area contributed by atoms with Gasteiger partial charge in [0.2, 0.25) is 12.2 Å². The van der Waals surface area contributed by atoms with Gasteiger partial charge in [-0.25, -0.2) is 4.98 Å². The van der Waals surface area contributed by atoms with Crippen LogP contribution in [0.2, 0.25) is 0 Å². The molecule has 0 bridgehead atoms. The minimum absolute atomic E-state index is 0.564. The monoisotopic (exact) mass is 199 g/mol. The third-order valence-electron chi connectivity index (χ3n) is 2.20. The Labute approximate surface area is 88.8 Å². The molecule has 0 saturated carbocycles. The highest BCUT2D eigenvalue weighted by atomic mass is 16.5. The predicted molar refractivity (Wildman–Crippen MR) is 57.6 cm³/mol. The van der Waals surface area contributed by atoms with Crippen molar-refractivity contribution in [3.63, 3.8) is 0 Å². The Morgan fingerprint density at radius 2 is 1.87 bits per heavy atom. The molecular formula is C12H11N2O. The molecule has 0 amide bonds. The lowest BCUT2D eigenvalue weighted by Crippen LogP contribution is -1.96. The van der Waals surface area contributed by atoms with Gasteiger partial charge in [-0.05, 0) is 12.5 Å². The van der Waals surface area contributed by atoms with E-state index < -0.39 is 0 Å². The number of hydrogen-bond acceptors (Lipinski definition) is 3. The van der Waals surface area contributed by atoms with Crippen LogP contribution in [0.1, 0.15) is 5.69 Å². The van der Waals surface area contributed by atoms with Gasteiger partial charge in [0.05, 0.1) is 18.4 Å². The summed E-state index contributed by atoms with van der Waals surface area (Å²) < 4.78 is 5.20. The average molecular weight is 199 g/mol. The molecule has 1 heterocycles. The lowest BCUT2D eigenvalue weighted by molar-refractivity contribution is 0.398. The zero-order valence-corrected chi connectivity index (χ0v) is 8.69. The minimum atomic E-state index is 0.564. The van der Waals surface area contributed by atoms with Crippen molar-refractivity contribution < 1.29 is 4.74 Å². The van der Waals surface area contributed by atoms with Crippen molar-refractivity contribution in [3.05, 3.63) is 42.4 Å². The second kappa shape index (κ2) is 4.09. The van der Waals surface area contributed by atoms with E-state index in [1.54, 1.807) is 7.11 Å². The van der Waals surface area contributed by atoms with E-state index in [2.05, 4.69) is 16.3 Å². The first kappa shape index (κ1) is 9.65. The van der Waals surface area contributed by atoms with Gasteiger partial charge >= 0.3 is 0 Å². The summed E-state index contributed by atoms with van der Waals surface area (Å²) in [5.74, 6) is 0.564. The first-order valence-electron chi connectivity index (χ1n) is 4.67. The van der Waals surface area contributed by atoms with Gasteiger partial charge in [-0.1, -0.05) is 30.3 Å². The Kier molecular flexibility index (Phi) is 2.63. The van der Waals surface area contributed by atoms with E-state index in [1.807, 2.05) is 37.3 Å². The van der Waals surface area contributed by atoms with Gasteiger partial charge in [0.25, 0.3) is 0 Å². The molecule has 0 aliphatic rings. The molecule has 2 aromatic rings. The minimum Gasteiger partial charge on any atom is -0.480 e. The van der Waals surface area contributed by atoms with E-state index in [0.29, 0.717) is 5.88 Å². The largest absolute Gasteiger partial charge is 0.480 e. The maximum Gasteiger partial charge on any atom is 0.225 e. The molecule has 0 N–H and O–H groups in total. The Balaban J connectivity index is 2.61. The van der Waals surface area contributed by atoms with Crippen molar-refractivity contribution in [2.75, 3.05) is 7.11 Å². The number of aryl methyl sites for hydroxylation is 1. The van der Waals surface area contributed by atoms with Crippen LogP contribution in [0.25, 0.3) is 11.1 Å². The lowest BCUT2D eigenvalue weighted by Gasteiger charge is -2.08. The van der Waals surface area contributed by atoms with Crippen molar-refractivity contribution in [2.24, 2.45) is 0 Å². The van der Waals surface area contributed by atoms with E-state index >= 15 is 0 Å². The van der Waals surface area contributed by atoms with Crippen molar-refractivity contribution in [1.29, 1.82) is 0 Å². The van der Waals surface area contributed by atoms with Crippen molar-refractivity contribution in [1.82, 2.24) is 9.97 Å². The lowest BCUT2D eigenvalue weighted by atomic mass is 10.1. The van der Waals surface area contributed by atoms with Gasteiger partial charge in [0, 0.05) is 0 Å². The average Bonchev–Trinajstić information content (AvgIpc) is 2.29. The molecule has 0 atom stereocenters. The number of methoxy groups -OCH3 is 1. The van der Waals surface area contributed by atoms with Gasteiger partial charge in [0.1, 0.15) is 0 Å². The molecule has 3 nitrogen and oxygen atoms in total. The molecule has 0 spiro atoms. The van der Waals surface area contributed by atoms with Crippen molar-refractivity contribution in [2.45, 2.75) is 6.92 Å². The standard InChI is InChI=1S/C12H11N2O/c1-9-11(10-6-4-3-5-7-10)12(15-2)14-8-13-9/h3-7H,1-2H3. The zero-order chi connectivity index (χ0) is 10.7. The van der Waals surface area contributed by atoms with Crippen LogP contribution in [0.3, 0.4) is 0 Å². The van der Waals surface area contributed by atoms with E-state index in [4.69, 9.17) is 4.74 Å². The molecule has 15 heavy (non-hydrogen) atoms. The second-order valence-electron chi connectivity index (χ2n) is 3.16. The summed E-state index contributed by atoms with van der Waals surface area (Å²) in [4.78, 5) is 8.02. The molecule has 0 fully saturated rings. The smallest absolute Gasteiger partial charge is 0.225 e. The van der Waals surface area contributed by atoms with Gasteiger partial charge in [-0.15, -0.1) is 0 Å². The van der Waals surface area contributed by atoms with Gasteiger partial charge < -0.3 is 4.74 Å². The highest BCUT2D eigenvalue weighted by molar-refractivity contribution is 5.70. The molecule has 0 aliphatic carbocycles. The zero-order valence-electron chi connectivity index (χ0n) is 8.69. The number of rotatable bonds is 2. The summed E-state index contributed by atoms with van der Waals surface area (Å²) in [6.07, 6.45) is 2.57. The molecule has 1 aromatic heterocycles. The molecular weight excluding hydrogens is 188 g/mol. The molecule has 75 valence electrons. The fourth-order valence-corrected chi connectivity index (χ4v) is 1.50. The molecule has 0 aliphatic heterocycles. The Bertz CT molecular complexity index is 454. The van der Waals surface area contributed by atoms with Crippen LogP contribution in [-0.2, 0) is 0 Å². The van der Waals surface area contributed by atoms with Crippen LogP contribution in [-0.4, -0.2) is 17.1 Å². The van der Waals surface area contributed by atoms with E-state index in [1.165, 1.54) is 0 Å². The fraction of sp³-hybridized carbons (Fsp3) is 0.167. The number of aromatic nitrogens is 2. The number of benzene rings is 1. The van der Waals surface area contributed by atoms with Crippen LogP contribution in [0.15, 0.2) is 30.3 Å². The number of nitrogens with zero attached hydrogens (tertiary/aromatic N) is 2. The van der Waals surface area contributed by atoms with Gasteiger partial charge in [-0.2, -0.15) is 4.98 Å². The van der Waals surface area contributed by atoms with Crippen LogP contribution < -0.4 is 4.74 Å². The molecule has 3 heteroatoms. The summed E-state index contributed by atoms with van der Waals surface area (Å²) >= 11 is 0. The number of ether oxygens (including phenoxy) is 1. The van der Waals surface area contributed by atoms with Crippen molar-refractivity contribution >= 4 is 0 Å². The Hall–Kier alpha value is -1.90. The maximum atomic E-state index is 5.20. The molecule has 1 aromatic carbocycles. The quantitative estimate of drug-likeness (QED) is 0.744. The topological polar surface area (TPSA) is 35.0 Å². The third-order valence-corrected chi connectivity index (χ3v) is 2.20. The first-order chi connectivity index (χ1) is 7.33. The van der Waals surface area contributed by atoms with E-state index in [0.717, 1.165) is 16.8 Å². The second-order valence-corrected chi connectivity index (χ2v) is 3.16. The highest BCUT2D eigenvalue weighted by Crippen LogP contribution is 2.29. The summed E-state index contributed by atoms with van der Waals surface area (Å²) in [5, 5.41) is 0. The Morgan fingerprint density at radius 3 is 2.53 bits per heavy atom. The maximum absolute atomic E-state index is 5.20. The molecule has 2 rings (SSSR count). The summed E-state index contributed by atoms with van der Waals surface area (Å²) in [7, 11) is 1.60.